The average Bonchev–Trinajstić information content (AvgIpc) is 2.83. The fraction of sp³-hybridized carbons (Fsp3) is 0.346. The predicted molar refractivity (Wildman–Crippen MR) is 137 cm³/mol. The van der Waals surface area contributed by atoms with Crippen molar-refractivity contribution >= 4 is 27.6 Å². The Kier molecular flexibility index (Phi) is 6.40. The molecule has 0 unspecified atom stereocenters. The van der Waals surface area contributed by atoms with E-state index in [1.807, 2.05) is 32.0 Å². The molecule has 3 heterocycles. The molecule has 188 valence electrons. The molecule has 1 saturated heterocycles. The number of fused-ring (bicyclic) bond motifs is 6. The molecule has 2 N–H and O–H groups in total. The lowest BCUT2D eigenvalue weighted by Crippen LogP contribution is -2.48. The number of ether oxygens (including phenoxy) is 1. The number of carbonyl (C=O) groups is 1. The minimum atomic E-state index is -4.03. The first kappa shape index (κ1) is 24.2. The van der Waals surface area contributed by atoms with Crippen LogP contribution in [-0.2, 0) is 14.8 Å². The summed E-state index contributed by atoms with van der Waals surface area (Å²) in [5.74, 6) is -0.296. The maximum atomic E-state index is 13.2. The highest BCUT2D eigenvalue weighted by Crippen LogP contribution is 2.31. The van der Waals surface area contributed by atoms with Crippen molar-refractivity contribution in [3.8, 4) is 17.1 Å². The number of nitrogens with zero attached hydrogens (tertiary/aromatic N) is 3. The number of piperidine rings is 1. The minimum absolute atomic E-state index is 0.00221. The van der Waals surface area contributed by atoms with Crippen LogP contribution >= 0.6 is 0 Å². The first-order valence-corrected chi connectivity index (χ1v) is 13.5. The second kappa shape index (κ2) is 9.51. The molecule has 2 aliphatic heterocycles. The summed E-state index contributed by atoms with van der Waals surface area (Å²) in [5.41, 5.74) is 3.87. The van der Waals surface area contributed by atoms with E-state index in [9.17, 15) is 13.2 Å². The van der Waals surface area contributed by atoms with Gasteiger partial charge in [-0.25, -0.2) is 18.1 Å². The third-order valence-corrected chi connectivity index (χ3v) is 8.00. The van der Waals surface area contributed by atoms with E-state index >= 15 is 0 Å². The molecule has 10 heteroatoms. The van der Waals surface area contributed by atoms with Crippen molar-refractivity contribution < 1.29 is 17.9 Å². The molecule has 0 spiro atoms. The summed E-state index contributed by atoms with van der Waals surface area (Å²) in [5, 5.41) is 2.88. The Morgan fingerprint density at radius 1 is 1.06 bits per heavy atom. The van der Waals surface area contributed by atoms with E-state index in [0.717, 1.165) is 23.2 Å². The van der Waals surface area contributed by atoms with Crippen LogP contribution in [0.4, 0.5) is 11.6 Å². The Morgan fingerprint density at radius 3 is 2.56 bits per heavy atom. The third-order valence-electron chi connectivity index (χ3n) is 6.67. The average molecular weight is 508 g/mol. The molecule has 2 aromatic carbocycles. The van der Waals surface area contributed by atoms with Crippen LogP contribution < -0.4 is 14.8 Å². The Hall–Kier alpha value is -3.50. The molecule has 9 nitrogen and oxygen atoms in total. The first-order chi connectivity index (χ1) is 17.2. The predicted octanol–water partition coefficient (Wildman–Crippen LogP) is 3.60. The molecular formula is C26H29N5O4S. The highest BCUT2D eigenvalue weighted by Gasteiger charge is 2.33. The third kappa shape index (κ3) is 4.91. The molecule has 1 amide bonds. The SMILES string of the molecule is CCN1C[C@@H]2C[C@H](C1)C(=O)Nc1cccc(c1)S(=O)(=O)Nc1nc(cc(-c3c(C)cccc3C)n1)O2. The molecule has 2 aliphatic rings. The van der Waals surface area contributed by atoms with Gasteiger partial charge in [-0.3, -0.25) is 9.69 Å². The Bertz CT molecular complexity index is 1410. The van der Waals surface area contributed by atoms with Crippen LogP contribution in [0.2, 0.25) is 0 Å². The number of aromatic nitrogens is 2. The fourth-order valence-electron chi connectivity index (χ4n) is 4.89. The van der Waals surface area contributed by atoms with Crippen molar-refractivity contribution in [2.24, 2.45) is 5.92 Å². The number of anilines is 2. The van der Waals surface area contributed by atoms with Gasteiger partial charge in [-0.05, 0) is 56.1 Å². The van der Waals surface area contributed by atoms with Crippen molar-refractivity contribution in [3.63, 3.8) is 0 Å². The number of aryl methyl sites for hydroxylation is 2. The summed E-state index contributed by atoms with van der Waals surface area (Å²) in [6.45, 7) is 8.03. The van der Waals surface area contributed by atoms with Gasteiger partial charge in [0.2, 0.25) is 17.7 Å². The largest absolute Gasteiger partial charge is 0.473 e. The Morgan fingerprint density at radius 2 is 1.81 bits per heavy atom. The van der Waals surface area contributed by atoms with Crippen molar-refractivity contribution in [2.75, 3.05) is 29.7 Å². The van der Waals surface area contributed by atoms with Crippen LogP contribution in [0.3, 0.4) is 0 Å². The maximum Gasteiger partial charge on any atom is 0.264 e. The zero-order valence-electron chi connectivity index (χ0n) is 20.5. The number of amides is 1. The van der Waals surface area contributed by atoms with Crippen LogP contribution in [-0.4, -0.2) is 54.9 Å². The number of hydrogen-bond acceptors (Lipinski definition) is 7. The summed E-state index contributed by atoms with van der Waals surface area (Å²) < 4.78 is 35.3. The standard InChI is InChI=1S/C26H29N5O4S/c1-4-31-14-18-11-20(15-31)35-23-13-22(24-16(2)7-5-8-17(24)3)28-26(29-23)30-36(33,34)21-10-6-9-19(12-21)27-25(18)32/h5-10,12-13,18,20H,4,11,14-15H2,1-3H3,(H,27,32)(H,28,29,30)/t18-,20+/m1/s1. The van der Waals surface area contributed by atoms with E-state index in [4.69, 9.17) is 4.74 Å². The maximum absolute atomic E-state index is 13.2. The summed E-state index contributed by atoms with van der Waals surface area (Å²) in [6, 6.07) is 13.8. The number of benzene rings is 2. The van der Waals surface area contributed by atoms with Crippen molar-refractivity contribution in [3.05, 3.63) is 59.7 Å². The highest BCUT2D eigenvalue weighted by atomic mass is 32.2. The van der Waals surface area contributed by atoms with Crippen molar-refractivity contribution in [1.29, 1.82) is 0 Å². The number of sulfonamides is 1. The molecule has 0 aliphatic carbocycles. The zero-order valence-corrected chi connectivity index (χ0v) is 21.3. The van der Waals surface area contributed by atoms with Crippen LogP contribution in [0, 0.1) is 19.8 Å². The van der Waals surface area contributed by atoms with E-state index in [1.165, 1.54) is 12.1 Å². The first-order valence-electron chi connectivity index (χ1n) is 12.0. The number of carbonyl (C=O) groups excluding carboxylic acids is 1. The topological polar surface area (TPSA) is 114 Å². The summed E-state index contributed by atoms with van der Waals surface area (Å²) in [6.07, 6.45) is 0.222. The molecule has 0 radical (unpaired) electrons. The fourth-order valence-corrected chi connectivity index (χ4v) is 5.88. The second-order valence-electron chi connectivity index (χ2n) is 9.33. The van der Waals surface area contributed by atoms with Gasteiger partial charge in [0.1, 0.15) is 6.10 Å². The molecular weight excluding hydrogens is 478 g/mol. The van der Waals surface area contributed by atoms with Gasteiger partial charge in [0.15, 0.2) is 0 Å². The van der Waals surface area contributed by atoms with Crippen LogP contribution in [0.15, 0.2) is 53.4 Å². The van der Waals surface area contributed by atoms with E-state index < -0.39 is 10.0 Å². The van der Waals surface area contributed by atoms with Crippen LogP contribution in [0.1, 0.15) is 24.5 Å². The van der Waals surface area contributed by atoms with Gasteiger partial charge < -0.3 is 10.1 Å². The number of nitrogens with one attached hydrogen (secondary N) is 2. The molecule has 2 atom stereocenters. The summed E-state index contributed by atoms with van der Waals surface area (Å²) in [4.78, 5) is 24.3. The number of hydrogen-bond donors (Lipinski definition) is 2. The lowest BCUT2D eigenvalue weighted by atomic mass is 9.94. The lowest BCUT2D eigenvalue weighted by molar-refractivity contribution is -0.123. The van der Waals surface area contributed by atoms with Gasteiger partial charge in [0, 0.05) is 30.4 Å². The summed E-state index contributed by atoms with van der Waals surface area (Å²) >= 11 is 0. The lowest BCUT2D eigenvalue weighted by Gasteiger charge is -2.36. The monoisotopic (exact) mass is 507 g/mol. The molecule has 1 fully saturated rings. The van der Waals surface area contributed by atoms with Gasteiger partial charge in [0.05, 0.1) is 16.5 Å². The Balaban J connectivity index is 1.66. The zero-order chi connectivity index (χ0) is 25.4. The van der Waals surface area contributed by atoms with Gasteiger partial charge in [-0.1, -0.05) is 31.2 Å². The quantitative estimate of drug-likeness (QED) is 0.545. The number of likely N-dealkylation sites (tertiary alicyclic amines) is 1. The van der Waals surface area contributed by atoms with E-state index in [-0.39, 0.29) is 34.7 Å². The van der Waals surface area contributed by atoms with Gasteiger partial charge in [-0.15, -0.1) is 0 Å². The molecule has 36 heavy (non-hydrogen) atoms. The van der Waals surface area contributed by atoms with Gasteiger partial charge >= 0.3 is 0 Å². The second-order valence-corrected chi connectivity index (χ2v) is 11.0. The van der Waals surface area contributed by atoms with E-state index in [0.29, 0.717) is 30.9 Å². The molecule has 0 saturated carbocycles. The smallest absolute Gasteiger partial charge is 0.264 e. The van der Waals surface area contributed by atoms with Crippen molar-refractivity contribution in [1.82, 2.24) is 14.9 Å². The van der Waals surface area contributed by atoms with Gasteiger partial charge in [-0.2, -0.15) is 4.98 Å². The Labute approximate surface area is 211 Å². The number of likely N-dealkylation sites (N-methyl/N-ethyl adjacent to an activating group) is 1. The van der Waals surface area contributed by atoms with E-state index in [2.05, 4.69) is 31.8 Å². The molecule has 6 bridgehead atoms. The summed E-state index contributed by atoms with van der Waals surface area (Å²) in [7, 11) is -4.03. The molecule has 1 aromatic heterocycles. The highest BCUT2D eigenvalue weighted by molar-refractivity contribution is 7.92. The van der Waals surface area contributed by atoms with Gasteiger partial charge in [0.25, 0.3) is 10.0 Å². The van der Waals surface area contributed by atoms with Crippen molar-refractivity contribution in [2.45, 2.75) is 38.2 Å². The van der Waals surface area contributed by atoms with Crippen LogP contribution in [0.5, 0.6) is 5.88 Å². The van der Waals surface area contributed by atoms with E-state index in [1.54, 1.807) is 18.2 Å². The minimum Gasteiger partial charge on any atom is -0.473 e. The molecule has 5 rings (SSSR count). The number of rotatable bonds is 2. The molecule has 3 aromatic rings. The van der Waals surface area contributed by atoms with Crippen LogP contribution in [0.25, 0.3) is 11.3 Å². The normalized spacial score (nSPS) is 21.5.